The standard InChI is InChI=1S/C21H26N2O/c1-16(2)23-13-7-12-20(15-23)22-21(24)19-11-6-10-18(14-19)17-8-4-3-5-9-17/h3-6,8-11,14,16,20H,7,12-13,15H2,1-2H3,(H,22,24)/t20-/m1/s1. The number of hydrogen-bond acceptors (Lipinski definition) is 2. The van der Waals surface area contributed by atoms with E-state index in [4.69, 9.17) is 0 Å². The molecule has 2 aromatic rings. The molecule has 1 N–H and O–H groups in total. The van der Waals surface area contributed by atoms with Gasteiger partial charge in [0.25, 0.3) is 5.91 Å². The summed E-state index contributed by atoms with van der Waals surface area (Å²) in [5, 5.41) is 3.22. The molecule has 0 aromatic heterocycles. The second-order valence-corrected chi connectivity index (χ2v) is 6.85. The summed E-state index contributed by atoms with van der Waals surface area (Å²) in [6.45, 7) is 6.51. The van der Waals surface area contributed by atoms with E-state index in [0.717, 1.165) is 42.6 Å². The minimum atomic E-state index is 0.0309. The van der Waals surface area contributed by atoms with Gasteiger partial charge >= 0.3 is 0 Å². The van der Waals surface area contributed by atoms with E-state index in [1.165, 1.54) is 0 Å². The molecule has 1 fully saturated rings. The molecule has 0 radical (unpaired) electrons. The number of benzene rings is 2. The van der Waals surface area contributed by atoms with Crippen molar-refractivity contribution < 1.29 is 4.79 Å². The number of likely N-dealkylation sites (tertiary alicyclic amines) is 1. The van der Waals surface area contributed by atoms with E-state index in [9.17, 15) is 4.79 Å². The molecular formula is C21H26N2O. The van der Waals surface area contributed by atoms with Gasteiger partial charge in [0.2, 0.25) is 0 Å². The Morgan fingerprint density at radius 2 is 1.83 bits per heavy atom. The average Bonchev–Trinajstić information content (AvgIpc) is 2.63. The average molecular weight is 322 g/mol. The van der Waals surface area contributed by atoms with Crippen molar-refractivity contribution in [1.29, 1.82) is 0 Å². The Kier molecular flexibility index (Phi) is 5.31. The Bertz CT molecular complexity index is 681. The van der Waals surface area contributed by atoms with Crippen molar-refractivity contribution >= 4 is 5.91 Å². The lowest BCUT2D eigenvalue weighted by atomic mass is 10.0. The lowest BCUT2D eigenvalue weighted by Crippen LogP contribution is -2.49. The lowest BCUT2D eigenvalue weighted by Gasteiger charge is -2.35. The van der Waals surface area contributed by atoms with E-state index in [1.54, 1.807) is 0 Å². The highest BCUT2D eigenvalue weighted by Gasteiger charge is 2.23. The summed E-state index contributed by atoms with van der Waals surface area (Å²) < 4.78 is 0. The van der Waals surface area contributed by atoms with E-state index in [0.29, 0.717) is 6.04 Å². The molecule has 24 heavy (non-hydrogen) atoms. The van der Waals surface area contributed by atoms with Crippen LogP contribution >= 0.6 is 0 Å². The molecule has 0 saturated carbocycles. The fourth-order valence-electron chi connectivity index (χ4n) is 3.33. The predicted octanol–water partition coefficient (Wildman–Crippen LogP) is 3.96. The molecule has 1 heterocycles. The zero-order valence-corrected chi connectivity index (χ0v) is 14.5. The minimum absolute atomic E-state index is 0.0309. The number of carbonyl (C=O) groups is 1. The molecule has 1 atom stereocenters. The van der Waals surface area contributed by atoms with Crippen LogP contribution in [0.15, 0.2) is 54.6 Å². The molecule has 0 bridgehead atoms. The van der Waals surface area contributed by atoms with Crippen molar-refractivity contribution in [2.45, 2.75) is 38.8 Å². The van der Waals surface area contributed by atoms with Gasteiger partial charge in [0, 0.05) is 24.2 Å². The summed E-state index contributed by atoms with van der Waals surface area (Å²) in [6.07, 6.45) is 2.21. The minimum Gasteiger partial charge on any atom is -0.348 e. The van der Waals surface area contributed by atoms with Crippen molar-refractivity contribution in [3.05, 3.63) is 60.2 Å². The largest absolute Gasteiger partial charge is 0.348 e. The van der Waals surface area contributed by atoms with E-state index in [-0.39, 0.29) is 11.9 Å². The molecule has 2 aromatic carbocycles. The molecule has 3 rings (SSSR count). The van der Waals surface area contributed by atoms with Crippen LogP contribution in [0.2, 0.25) is 0 Å². The van der Waals surface area contributed by atoms with Gasteiger partial charge in [-0.05, 0) is 56.5 Å². The summed E-state index contributed by atoms with van der Waals surface area (Å²) in [4.78, 5) is 15.1. The van der Waals surface area contributed by atoms with Crippen molar-refractivity contribution in [1.82, 2.24) is 10.2 Å². The highest BCUT2D eigenvalue weighted by molar-refractivity contribution is 5.95. The second-order valence-electron chi connectivity index (χ2n) is 6.85. The smallest absolute Gasteiger partial charge is 0.251 e. The maximum atomic E-state index is 12.6. The number of hydrogen-bond donors (Lipinski definition) is 1. The number of nitrogens with zero attached hydrogens (tertiary/aromatic N) is 1. The zero-order chi connectivity index (χ0) is 16.9. The van der Waals surface area contributed by atoms with Gasteiger partial charge in [0.05, 0.1) is 0 Å². The van der Waals surface area contributed by atoms with Crippen LogP contribution in [0.3, 0.4) is 0 Å². The van der Waals surface area contributed by atoms with Gasteiger partial charge in [-0.25, -0.2) is 0 Å². The Labute approximate surface area is 144 Å². The quantitative estimate of drug-likeness (QED) is 0.924. The predicted molar refractivity (Wildman–Crippen MR) is 99.1 cm³/mol. The summed E-state index contributed by atoms with van der Waals surface area (Å²) in [7, 11) is 0. The van der Waals surface area contributed by atoms with Gasteiger partial charge in [-0.3, -0.25) is 9.69 Å². The second kappa shape index (κ2) is 7.63. The van der Waals surface area contributed by atoms with E-state index in [2.05, 4.69) is 36.2 Å². The third-order valence-corrected chi connectivity index (χ3v) is 4.75. The van der Waals surface area contributed by atoms with E-state index >= 15 is 0 Å². The molecule has 126 valence electrons. The zero-order valence-electron chi connectivity index (χ0n) is 14.5. The molecule has 3 nitrogen and oxygen atoms in total. The number of amides is 1. The van der Waals surface area contributed by atoms with Crippen LogP contribution in [-0.2, 0) is 0 Å². The van der Waals surface area contributed by atoms with E-state index in [1.807, 2.05) is 42.5 Å². The van der Waals surface area contributed by atoms with Crippen LogP contribution in [-0.4, -0.2) is 36.0 Å². The monoisotopic (exact) mass is 322 g/mol. The molecule has 0 spiro atoms. The summed E-state index contributed by atoms with van der Waals surface area (Å²) >= 11 is 0. The summed E-state index contributed by atoms with van der Waals surface area (Å²) in [5.74, 6) is 0.0309. The molecule has 0 unspecified atom stereocenters. The van der Waals surface area contributed by atoms with Crippen LogP contribution in [0.5, 0.6) is 0 Å². The van der Waals surface area contributed by atoms with Crippen molar-refractivity contribution in [3.8, 4) is 11.1 Å². The van der Waals surface area contributed by atoms with Gasteiger partial charge in [-0.1, -0.05) is 42.5 Å². The van der Waals surface area contributed by atoms with Crippen LogP contribution in [0.25, 0.3) is 11.1 Å². The lowest BCUT2D eigenvalue weighted by molar-refractivity contribution is 0.0886. The molecule has 1 amide bonds. The molecule has 0 aliphatic carbocycles. The first-order valence-corrected chi connectivity index (χ1v) is 8.84. The van der Waals surface area contributed by atoms with Gasteiger partial charge in [0.1, 0.15) is 0 Å². The topological polar surface area (TPSA) is 32.3 Å². The normalized spacial score (nSPS) is 18.5. The van der Waals surface area contributed by atoms with Gasteiger partial charge in [-0.2, -0.15) is 0 Å². The van der Waals surface area contributed by atoms with Crippen molar-refractivity contribution in [2.24, 2.45) is 0 Å². The van der Waals surface area contributed by atoms with Crippen molar-refractivity contribution in [3.63, 3.8) is 0 Å². The van der Waals surface area contributed by atoms with Gasteiger partial charge < -0.3 is 5.32 Å². The maximum absolute atomic E-state index is 12.6. The van der Waals surface area contributed by atoms with E-state index < -0.39 is 0 Å². The van der Waals surface area contributed by atoms with Crippen LogP contribution < -0.4 is 5.32 Å². The van der Waals surface area contributed by atoms with Crippen LogP contribution in [0.4, 0.5) is 0 Å². The van der Waals surface area contributed by atoms with Crippen LogP contribution in [0, 0.1) is 0 Å². The Balaban J connectivity index is 1.69. The first-order valence-electron chi connectivity index (χ1n) is 8.84. The Hall–Kier alpha value is -2.13. The first-order chi connectivity index (χ1) is 11.6. The number of rotatable bonds is 4. The molecular weight excluding hydrogens is 296 g/mol. The third kappa shape index (κ3) is 4.04. The SMILES string of the molecule is CC(C)N1CCC[C@@H](NC(=O)c2cccc(-c3ccccc3)c2)C1. The maximum Gasteiger partial charge on any atom is 0.251 e. The highest BCUT2D eigenvalue weighted by atomic mass is 16.1. The third-order valence-electron chi connectivity index (χ3n) is 4.75. The van der Waals surface area contributed by atoms with Gasteiger partial charge in [0.15, 0.2) is 0 Å². The van der Waals surface area contributed by atoms with Gasteiger partial charge in [-0.15, -0.1) is 0 Å². The highest BCUT2D eigenvalue weighted by Crippen LogP contribution is 2.20. The molecule has 3 heteroatoms. The number of piperidine rings is 1. The fourth-order valence-corrected chi connectivity index (χ4v) is 3.33. The first kappa shape index (κ1) is 16.7. The number of nitrogens with one attached hydrogen (secondary N) is 1. The van der Waals surface area contributed by atoms with Crippen molar-refractivity contribution in [2.75, 3.05) is 13.1 Å². The molecule has 1 aliphatic rings. The number of carbonyl (C=O) groups excluding carboxylic acids is 1. The summed E-state index contributed by atoms with van der Waals surface area (Å²) in [6, 6.07) is 18.8. The Morgan fingerprint density at radius 1 is 1.08 bits per heavy atom. The fraction of sp³-hybridized carbons (Fsp3) is 0.381. The molecule has 1 saturated heterocycles. The molecule has 1 aliphatic heterocycles. The Morgan fingerprint density at radius 3 is 2.58 bits per heavy atom. The summed E-state index contributed by atoms with van der Waals surface area (Å²) in [5.41, 5.74) is 2.95. The van der Waals surface area contributed by atoms with Crippen LogP contribution in [0.1, 0.15) is 37.0 Å².